The maximum Gasteiger partial charge on any atom is 0.229 e. The molecule has 140 valence electrons. The van der Waals surface area contributed by atoms with Gasteiger partial charge < -0.3 is 5.32 Å². The van der Waals surface area contributed by atoms with Crippen molar-refractivity contribution in [3.63, 3.8) is 0 Å². The minimum atomic E-state index is -3.16. The van der Waals surface area contributed by atoms with Crippen molar-refractivity contribution in [2.45, 2.75) is 26.2 Å². The second-order valence-corrected chi connectivity index (χ2v) is 9.73. The first-order valence-corrected chi connectivity index (χ1v) is 11.2. The lowest BCUT2D eigenvalue weighted by Crippen LogP contribution is -2.42. The maximum absolute atomic E-state index is 12.4. The van der Waals surface area contributed by atoms with Gasteiger partial charge in [0, 0.05) is 36.5 Å². The number of benzene rings is 1. The van der Waals surface area contributed by atoms with Gasteiger partial charge in [0.05, 0.1) is 5.75 Å². The van der Waals surface area contributed by atoms with Gasteiger partial charge in [0.15, 0.2) is 5.13 Å². The summed E-state index contributed by atoms with van der Waals surface area (Å²) in [6.07, 6.45) is 3.69. The summed E-state index contributed by atoms with van der Waals surface area (Å²) in [5.41, 5.74) is 1.21. The van der Waals surface area contributed by atoms with Crippen molar-refractivity contribution in [3.8, 4) is 0 Å². The minimum Gasteiger partial charge on any atom is -0.302 e. The van der Waals surface area contributed by atoms with Gasteiger partial charge in [-0.05, 0) is 25.3 Å². The molecular formula is C18H23N3O3S2. The van der Waals surface area contributed by atoms with Crippen molar-refractivity contribution in [2.75, 3.05) is 24.2 Å². The Labute approximate surface area is 158 Å². The van der Waals surface area contributed by atoms with Gasteiger partial charge in [0.2, 0.25) is 15.9 Å². The van der Waals surface area contributed by atoms with E-state index in [-0.39, 0.29) is 17.6 Å². The molecule has 1 amide bonds. The Morgan fingerprint density at radius 3 is 2.62 bits per heavy atom. The Bertz CT molecular complexity index is 842. The summed E-state index contributed by atoms with van der Waals surface area (Å²) < 4.78 is 25.3. The third-order valence-electron chi connectivity index (χ3n) is 4.59. The number of thiazole rings is 1. The van der Waals surface area contributed by atoms with Gasteiger partial charge in [-0.1, -0.05) is 30.3 Å². The number of sulfonamides is 1. The van der Waals surface area contributed by atoms with E-state index in [2.05, 4.69) is 22.4 Å². The van der Waals surface area contributed by atoms with E-state index in [0.717, 1.165) is 11.3 Å². The third kappa shape index (κ3) is 4.69. The van der Waals surface area contributed by atoms with Gasteiger partial charge in [-0.15, -0.1) is 11.3 Å². The predicted molar refractivity (Wildman–Crippen MR) is 104 cm³/mol. The van der Waals surface area contributed by atoms with Crippen LogP contribution < -0.4 is 5.32 Å². The molecule has 1 N–H and O–H groups in total. The first kappa shape index (κ1) is 19.0. The first-order chi connectivity index (χ1) is 12.5. The molecule has 3 rings (SSSR count). The maximum atomic E-state index is 12.4. The highest BCUT2D eigenvalue weighted by atomic mass is 32.2. The fourth-order valence-electron chi connectivity index (χ4n) is 3.03. The monoisotopic (exact) mass is 393 g/mol. The normalized spacial score (nSPS) is 16.5. The molecule has 0 saturated carbocycles. The minimum absolute atomic E-state index is 0.0702. The molecular weight excluding hydrogens is 370 g/mol. The van der Waals surface area contributed by atoms with Crippen LogP contribution in [0.15, 0.2) is 36.5 Å². The molecule has 2 aromatic rings. The Morgan fingerprint density at radius 2 is 1.96 bits per heavy atom. The smallest absolute Gasteiger partial charge is 0.229 e. The number of hydrogen-bond donors (Lipinski definition) is 1. The van der Waals surface area contributed by atoms with Gasteiger partial charge in [-0.25, -0.2) is 17.7 Å². The van der Waals surface area contributed by atoms with Crippen molar-refractivity contribution in [3.05, 3.63) is 47.0 Å². The summed E-state index contributed by atoms with van der Waals surface area (Å²) in [7, 11) is -3.16. The third-order valence-corrected chi connectivity index (χ3v) is 7.38. The van der Waals surface area contributed by atoms with Crippen LogP contribution >= 0.6 is 11.3 Å². The number of carbonyl (C=O) groups excluding carboxylic acids is 1. The average molecular weight is 394 g/mol. The lowest BCUT2D eigenvalue weighted by Gasteiger charge is -2.30. The summed E-state index contributed by atoms with van der Waals surface area (Å²) >= 11 is 1.48. The summed E-state index contributed by atoms with van der Waals surface area (Å²) in [5, 5.41) is 3.49. The van der Waals surface area contributed by atoms with Crippen LogP contribution in [0, 0.1) is 5.92 Å². The van der Waals surface area contributed by atoms with Crippen LogP contribution in [0.2, 0.25) is 0 Å². The van der Waals surface area contributed by atoms with Crippen LogP contribution in [-0.4, -0.2) is 42.5 Å². The summed E-state index contributed by atoms with van der Waals surface area (Å²) in [6.45, 7) is 2.46. The number of anilines is 1. The molecule has 1 aliphatic heterocycles. The first-order valence-electron chi connectivity index (χ1n) is 8.75. The highest BCUT2D eigenvalue weighted by Gasteiger charge is 2.30. The highest BCUT2D eigenvalue weighted by molar-refractivity contribution is 7.89. The van der Waals surface area contributed by atoms with E-state index in [1.165, 1.54) is 21.2 Å². The van der Waals surface area contributed by atoms with Gasteiger partial charge >= 0.3 is 0 Å². The molecule has 0 bridgehead atoms. The topological polar surface area (TPSA) is 79.4 Å². The molecule has 0 aliphatic carbocycles. The second kappa shape index (κ2) is 8.28. The van der Waals surface area contributed by atoms with Crippen molar-refractivity contribution in [2.24, 2.45) is 5.92 Å². The molecule has 0 atom stereocenters. The number of hydrogen-bond acceptors (Lipinski definition) is 5. The van der Waals surface area contributed by atoms with Crippen molar-refractivity contribution in [1.82, 2.24) is 9.29 Å². The number of piperidine rings is 1. The molecule has 8 heteroatoms. The Morgan fingerprint density at radius 1 is 1.27 bits per heavy atom. The van der Waals surface area contributed by atoms with E-state index in [4.69, 9.17) is 0 Å². The van der Waals surface area contributed by atoms with Crippen molar-refractivity contribution in [1.29, 1.82) is 0 Å². The van der Waals surface area contributed by atoms with E-state index in [0.29, 0.717) is 31.1 Å². The van der Waals surface area contributed by atoms with Gasteiger partial charge in [-0.2, -0.15) is 0 Å². The lowest BCUT2D eigenvalue weighted by atomic mass is 9.97. The van der Waals surface area contributed by atoms with Crippen LogP contribution in [0.25, 0.3) is 0 Å². The Balaban J connectivity index is 1.53. The number of carbonyl (C=O) groups is 1. The molecule has 1 aromatic heterocycles. The van der Waals surface area contributed by atoms with Crippen molar-refractivity contribution >= 4 is 32.4 Å². The number of amides is 1. The van der Waals surface area contributed by atoms with Crippen LogP contribution in [0.4, 0.5) is 5.13 Å². The highest BCUT2D eigenvalue weighted by Crippen LogP contribution is 2.24. The fraction of sp³-hybridized carbons (Fsp3) is 0.444. The molecule has 0 radical (unpaired) electrons. The molecule has 1 aliphatic rings. The van der Waals surface area contributed by atoms with Gasteiger partial charge in [0.1, 0.15) is 0 Å². The molecule has 1 saturated heterocycles. The van der Waals surface area contributed by atoms with Gasteiger partial charge in [0.25, 0.3) is 0 Å². The fourth-order valence-corrected chi connectivity index (χ4v) is 5.01. The molecule has 6 nitrogen and oxygen atoms in total. The summed E-state index contributed by atoms with van der Waals surface area (Å²) in [5.74, 6) is -0.133. The quantitative estimate of drug-likeness (QED) is 0.818. The van der Waals surface area contributed by atoms with Crippen LogP contribution in [0.1, 0.15) is 30.2 Å². The standard InChI is InChI=1S/C18H23N3O3S2/c1-2-26(23,24)21-10-8-15(9-11-21)17(22)20-18-19-13-16(25-18)12-14-6-4-3-5-7-14/h3-7,13,15H,2,8-12H2,1H3,(H,19,20,22). The molecule has 1 aromatic carbocycles. The van der Waals surface area contributed by atoms with E-state index >= 15 is 0 Å². The lowest BCUT2D eigenvalue weighted by molar-refractivity contribution is -0.120. The van der Waals surface area contributed by atoms with Gasteiger partial charge in [-0.3, -0.25) is 4.79 Å². The number of nitrogens with zero attached hydrogens (tertiary/aromatic N) is 2. The summed E-state index contributed by atoms with van der Waals surface area (Å²) in [6, 6.07) is 10.1. The number of aromatic nitrogens is 1. The number of nitrogens with one attached hydrogen (secondary N) is 1. The predicted octanol–water partition coefficient (Wildman–Crippen LogP) is 2.73. The molecule has 0 unspecified atom stereocenters. The number of rotatable bonds is 6. The van der Waals surface area contributed by atoms with Crippen LogP contribution in [0.5, 0.6) is 0 Å². The van der Waals surface area contributed by atoms with E-state index in [9.17, 15) is 13.2 Å². The van der Waals surface area contributed by atoms with Crippen LogP contribution in [-0.2, 0) is 21.2 Å². The zero-order valence-electron chi connectivity index (χ0n) is 14.7. The Hall–Kier alpha value is -1.77. The average Bonchev–Trinajstić information content (AvgIpc) is 3.09. The molecule has 0 spiro atoms. The second-order valence-electron chi connectivity index (χ2n) is 6.36. The Kier molecular flexibility index (Phi) is 6.05. The van der Waals surface area contributed by atoms with E-state index in [1.54, 1.807) is 13.1 Å². The molecule has 1 fully saturated rings. The SMILES string of the molecule is CCS(=O)(=O)N1CCC(C(=O)Nc2ncc(Cc3ccccc3)s2)CC1. The molecule has 2 heterocycles. The summed E-state index contributed by atoms with van der Waals surface area (Å²) in [4.78, 5) is 17.8. The van der Waals surface area contributed by atoms with E-state index in [1.807, 2.05) is 18.2 Å². The largest absolute Gasteiger partial charge is 0.302 e. The molecule has 26 heavy (non-hydrogen) atoms. The zero-order chi connectivity index (χ0) is 18.6. The van der Waals surface area contributed by atoms with Crippen molar-refractivity contribution < 1.29 is 13.2 Å². The zero-order valence-corrected chi connectivity index (χ0v) is 16.4. The van der Waals surface area contributed by atoms with Crippen LogP contribution in [0.3, 0.4) is 0 Å². The van der Waals surface area contributed by atoms with E-state index < -0.39 is 10.0 Å².